The summed E-state index contributed by atoms with van der Waals surface area (Å²) in [6.45, 7) is 3.88. The number of ether oxygens (including phenoxy) is 1. The molecule has 0 spiro atoms. The molecular weight excluding hydrogens is 391 g/mol. The van der Waals surface area contributed by atoms with Crippen molar-refractivity contribution in [2.45, 2.75) is 25.7 Å². The fourth-order valence-corrected chi connectivity index (χ4v) is 3.54. The highest BCUT2D eigenvalue weighted by Gasteiger charge is 2.23. The van der Waals surface area contributed by atoms with Crippen molar-refractivity contribution in [3.63, 3.8) is 0 Å². The van der Waals surface area contributed by atoms with Crippen molar-refractivity contribution in [3.05, 3.63) is 52.1 Å². The number of aromatic amines is 1. The Morgan fingerprint density at radius 2 is 1.86 bits per heavy atom. The third-order valence-corrected chi connectivity index (χ3v) is 5.55. The van der Waals surface area contributed by atoms with E-state index in [1.54, 1.807) is 13.8 Å². The summed E-state index contributed by atoms with van der Waals surface area (Å²) in [5.41, 5.74) is 0.816. The molecule has 2 rings (SSSR count). The van der Waals surface area contributed by atoms with Crippen LogP contribution in [0.2, 0.25) is 0 Å². The summed E-state index contributed by atoms with van der Waals surface area (Å²) in [7, 11) is -2.72. The largest absolute Gasteiger partial charge is 0.454 e. The number of Topliss-reactive ketones (excluding diaryl/α,β-unsaturated/α-hetero) is 2. The molecule has 0 atom stereocenters. The van der Waals surface area contributed by atoms with E-state index in [4.69, 9.17) is 4.74 Å². The molecule has 0 unspecified atom stereocenters. The molecule has 1 aromatic carbocycles. The van der Waals surface area contributed by atoms with Gasteiger partial charge in [0.1, 0.15) is 5.82 Å². The lowest BCUT2D eigenvalue weighted by Gasteiger charge is -2.08. The quantitative estimate of drug-likeness (QED) is 0.531. The van der Waals surface area contributed by atoms with Gasteiger partial charge in [-0.1, -0.05) is 0 Å². The van der Waals surface area contributed by atoms with Gasteiger partial charge in [0, 0.05) is 11.3 Å². The molecule has 1 heterocycles. The molecule has 0 saturated heterocycles. The van der Waals surface area contributed by atoms with Crippen LogP contribution in [0.3, 0.4) is 0 Å². The van der Waals surface area contributed by atoms with E-state index in [2.05, 4.69) is 4.98 Å². The van der Waals surface area contributed by atoms with Crippen molar-refractivity contribution in [2.24, 2.45) is 0 Å². The number of ketones is 2. The lowest BCUT2D eigenvalue weighted by atomic mass is 10.1. The maximum Gasteiger partial charge on any atom is 0.341 e. The van der Waals surface area contributed by atoms with Gasteiger partial charge < -0.3 is 9.72 Å². The number of nitrogens with one attached hydrogen (secondary N) is 2. The van der Waals surface area contributed by atoms with Gasteiger partial charge in [0.25, 0.3) is 0 Å². The number of halogens is 1. The van der Waals surface area contributed by atoms with Crippen LogP contribution >= 0.6 is 0 Å². The van der Waals surface area contributed by atoms with Crippen molar-refractivity contribution >= 4 is 27.6 Å². The van der Waals surface area contributed by atoms with Crippen LogP contribution in [-0.2, 0) is 14.8 Å². The predicted octanol–water partition coefficient (Wildman–Crippen LogP) is 1.92. The van der Waals surface area contributed by atoms with E-state index in [-0.39, 0.29) is 16.4 Å². The number of aryl methyl sites for hydroxylation is 1. The monoisotopic (exact) mass is 410 g/mol. The Bertz CT molecular complexity index is 1070. The normalized spacial score (nSPS) is 11.3. The van der Waals surface area contributed by atoms with Crippen LogP contribution in [0.1, 0.15) is 49.4 Å². The highest BCUT2D eigenvalue weighted by Crippen LogP contribution is 2.20. The van der Waals surface area contributed by atoms with Gasteiger partial charge >= 0.3 is 5.97 Å². The maximum absolute atomic E-state index is 13.9. The van der Waals surface area contributed by atoms with E-state index in [9.17, 15) is 27.2 Å². The number of H-pyrrole nitrogens is 1. The highest BCUT2D eigenvalue weighted by atomic mass is 32.2. The standard InChI is InChI=1S/C18H19FN2O6S/c1-9-16(11(3)22)10(2)21-17(9)15(23)8-27-18(24)13-7-12(5-6-14(13)19)28(25,26)20-4/h5-7,20-21H,8H2,1-4H3. The number of carbonyl (C=O) groups excluding carboxylic acids is 3. The number of rotatable bonds is 7. The predicted molar refractivity (Wildman–Crippen MR) is 97.5 cm³/mol. The van der Waals surface area contributed by atoms with Gasteiger partial charge in [-0.2, -0.15) is 0 Å². The van der Waals surface area contributed by atoms with Crippen molar-refractivity contribution < 1.29 is 31.9 Å². The maximum atomic E-state index is 13.9. The van der Waals surface area contributed by atoms with Crippen LogP contribution in [0.4, 0.5) is 4.39 Å². The van der Waals surface area contributed by atoms with Crippen LogP contribution < -0.4 is 4.72 Å². The summed E-state index contributed by atoms with van der Waals surface area (Å²) in [5.74, 6) is -3.00. The molecule has 0 aliphatic heterocycles. The zero-order valence-electron chi connectivity index (χ0n) is 15.7. The third-order valence-electron chi connectivity index (χ3n) is 4.14. The van der Waals surface area contributed by atoms with Crippen LogP contribution in [0.5, 0.6) is 0 Å². The second kappa shape index (κ2) is 8.03. The first-order valence-corrected chi connectivity index (χ1v) is 9.61. The molecule has 150 valence electrons. The zero-order valence-corrected chi connectivity index (χ0v) is 16.5. The van der Waals surface area contributed by atoms with E-state index in [0.29, 0.717) is 16.8 Å². The van der Waals surface area contributed by atoms with Crippen molar-refractivity contribution in [1.82, 2.24) is 9.71 Å². The Morgan fingerprint density at radius 1 is 1.21 bits per heavy atom. The van der Waals surface area contributed by atoms with Crippen LogP contribution in [0.15, 0.2) is 23.1 Å². The Morgan fingerprint density at radius 3 is 2.39 bits per heavy atom. The molecular formula is C18H19FN2O6S. The number of sulfonamides is 1. The molecule has 0 aliphatic rings. The summed E-state index contributed by atoms with van der Waals surface area (Å²) in [6, 6.07) is 2.64. The minimum absolute atomic E-state index is 0.113. The fourth-order valence-electron chi connectivity index (χ4n) is 2.78. The minimum Gasteiger partial charge on any atom is -0.454 e. The summed E-state index contributed by atoms with van der Waals surface area (Å²) < 4.78 is 44.4. The van der Waals surface area contributed by atoms with E-state index in [1.165, 1.54) is 14.0 Å². The zero-order chi connectivity index (χ0) is 21.2. The van der Waals surface area contributed by atoms with E-state index in [1.807, 2.05) is 4.72 Å². The second-order valence-electron chi connectivity index (χ2n) is 6.03. The average molecular weight is 410 g/mol. The second-order valence-corrected chi connectivity index (χ2v) is 7.92. The Labute approximate surface area is 161 Å². The number of esters is 1. The number of benzene rings is 1. The molecule has 1 aromatic heterocycles. The Hall–Kier alpha value is -2.85. The highest BCUT2D eigenvalue weighted by molar-refractivity contribution is 7.89. The summed E-state index contributed by atoms with van der Waals surface area (Å²) in [6.07, 6.45) is 0. The van der Waals surface area contributed by atoms with E-state index >= 15 is 0 Å². The Balaban J connectivity index is 2.21. The molecule has 0 bridgehead atoms. The molecule has 0 saturated carbocycles. The molecule has 0 fully saturated rings. The molecule has 0 amide bonds. The van der Waals surface area contributed by atoms with Crippen LogP contribution in [-0.4, -0.2) is 44.6 Å². The fraction of sp³-hybridized carbons (Fsp3) is 0.278. The lowest BCUT2D eigenvalue weighted by Crippen LogP contribution is -2.20. The molecule has 10 heteroatoms. The molecule has 8 nitrogen and oxygen atoms in total. The topological polar surface area (TPSA) is 122 Å². The van der Waals surface area contributed by atoms with Crippen LogP contribution in [0, 0.1) is 19.7 Å². The third kappa shape index (κ3) is 4.18. The van der Waals surface area contributed by atoms with Gasteiger partial charge in [-0.25, -0.2) is 22.3 Å². The summed E-state index contributed by atoms with van der Waals surface area (Å²) in [4.78, 5) is 38.6. The van der Waals surface area contributed by atoms with E-state index in [0.717, 1.165) is 18.2 Å². The van der Waals surface area contributed by atoms with Gasteiger partial charge in [0.05, 0.1) is 16.2 Å². The van der Waals surface area contributed by atoms with E-state index < -0.39 is 39.8 Å². The summed E-state index contributed by atoms with van der Waals surface area (Å²) in [5, 5.41) is 0. The van der Waals surface area contributed by atoms with Crippen molar-refractivity contribution in [3.8, 4) is 0 Å². The lowest BCUT2D eigenvalue weighted by molar-refractivity contribution is 0.0468. The SMILES string of the molecule is CNS(=O)(=O)c1ccc(F)c(C(=O)OCC(=O)c2[nH]c(C)c(C(C)=O)c2C)c1. The summed E-state index contributed by atoms with van der Waals surface area (Å²) >= 11 is 0. The van der Waals surface area contributed by atoms with Gasteiger partial charge in [0.2, 0.25) is 15.8 Å². The first kappa shape index (κ1) is 21.5. The first-order chi connectivity index (χ1) is 13.0. The number of carbonyl (C=O) groups is 3. The molecule has 2 N–H and O–H groups in total. The molecule has 28 heavy (non-hydrogen) atoms. The van der Waals surface area contributed by atoms with Crippen LogP contribution in [0.25, 0.3) is 0 Å². The minimum atomic E-state index is -3.89. The van der Waals surface area contributed by atoms with Crippen molar-refractivity contribution in [1.29, 1.82) is 0 Å². The smallest absolute Gasteiger partial charge is 0.341 e. The van der Waals surface area contributed by atoms with Crippen molar-refractivity contribution in [2.75, 3.05) is 13.7 Å². The molecule has 0 radical (unpaired) electrons. The Kier molecular flexibility index (Phi) is 6.15. The first-order valence-electron chi connectivity index (χ1n) is 8.13. The van der Waals surface area contributed by atoms with Gasteiger partial charge in [0.15, 0.2) is 12.4 Å². The number of aromatic nitrogens is 1. The van der Waals surface area contributed by atoms with Gasteiger partial charge in [-0.05, 0) is 51.6 Å². The average Bonchev–Trinajstić information content (AvgIpc) is 2.94. The molecule has 2 aromatic rings. The number of hydrogen-bond acceptors (Lipinski definition) is 6. The van der Waals surface area contributed by atoms with Gasteiger partial charge in [-0.3, -0.25) is 9.59 Å². The molecule has 0 aliphatic carbocycles. The van der Waals surface area contributed by atoms with Gasteiger partial charge in [-0.15, -0.1) is 0 Å². The number of hydrogen-bond donors (Lipinski definition) is 2.